The SMILES string of the molecule is CCOC(=O)c1c(CO)cccc1CC(C)=O. The van der Waals surface area contributed by atoms with Crippen molar-refractivity contribution in [2.24, 2.45) is 0 Å². The molecule has 4 nitrogen and oxygen atoms in total. The van der Waals surface area contributed by atoms with E-state index in [0.717, 1.165) is 0 Å². The molecule has 1 aromatic rings. The molecule has 4 heteroatoms. The van der Waals surface area contributed by atoms with Gasteiger partial charge in [0.05, 0.1) is 18.8 Å². The molecule has 0 aliphatic carbocycles. The van der Waals surface area contributed by atoms with Gasteiger partial charge in [0.15, 0.2) is 0 Å². The quantitative estimate of drug-likeness (QED) is 0.787. The second kappa shape index (κ2) is 6.15. The molecule has 0 saturated heterocycles. The number of Topliss-reactive ketones (excluding diaryl/α,β-unsaturated/α-hetero) is 1. The van der Waals surface area contributed by atoms with E-state index in [0.29, 0.717) is 16.7 Å². The average molecular weight is 236 g/mol. The first-order chi connectivity index (χ1) is 8.10. The zero-order valence-electron chi connectivity index (χ0n) is 10.0. The summed E-state index contributed by atoms with van der Waals surface area (Å²) in [6.07, 6.45) is 0.169. The second-order valence-corrected chi connectivity index (χ2v) is 3.71. The first-order valence-corrected chi connectivity index (χ1v) is 5.48. The highest BCUT2D eigenvalue weighted by atomic mass is 16.5. The van der Waals surface area contributed by atoms with Crippen molar-refractivity contribution in [3.8, 4) is 0 Å². The van der Waals surface area contributed by atoms with E-state index < -0.39 is 5.97 Å². The van der Waals surface area contributed by atoms with Crippen LogP contribution in [0.15, 0.2) is 18.2 Å². The molecule has 0 spiro atoms. The topological polar surface area (TPSA) is 63.6 Å². The van der Waals surface area contributed by atoms with Gasteiger partial charge < -0.3 is 9.84 Å². The van der Waals surface area contributed by atoms with E-state index in [1.54, 1.807) is 25.1 Å². The van der Waals surface area contributed by atoms with Crippen LogP contribution in [0.2, 0.25) is 0 Å². The van der Waals surface area contributed by atoms with Gasteiger partial charge in [-0.3, -0.25) is 4.79 Å². The third kappa shape index (κ3) is 3.39. The van der Waals surface area contributed by atoms with Crippen LogP contribution in [0, 0.1) is 0 Å². The fourth-order valence-electron chi connectivity index (χ4n) is 1.67. The van der Waals surface area contributed by atoms with Gasteiger partial charge in [-0.1, -0.05) is 18.2 Å². The highest BCUT2D eigenvalue weighted by molar-refractivity contribution is 5.94. The van der Waals surface area contributed by atoms with Gasteiger partial charge in [-0.2, -0.15) is 0 Å². The molecule has 0 aromatic heterocycles. The van der Waals surface area contributed by atoms with Crippen LogP contribution in [-0.2, 0) is 22.6 Å². The van der Waals surface area contributed by atoms with Crippen molar-refractivity contribution in [1.82, 2.24) is 0 Å². The Morgan fingerprint density at radius 1 is 1.29 bits per heavy atom. The van der Waals surface area contributed by atoms with Gasteiger partial charge in [0.2, 0.25) is 0 Å². The molecule has 1 rings (SSSR count). The van der Waals surface area contributed by atoms with Gasteiger partial charge in [-0.15, -0.1) is 0 Å². The Morgan fingerprint density at radius 2 is 1.94 bits per heavy atom. The Kier molecular flexibility index (Phi) is 4.84. The fraction of sp³-hybridized carbons (Fsp3) is 0.385. The predicted molar refractivity (Wildman–Crippen MR) is 62.7 cm³/mol. The summed E-state index contributed by atoms with van der Waals surface area (Å²) in [6.45, 7) is 3.18. The number of aliphatic hydroxyl groups is 1. The second-order valence-electron chi connectivity index (χ2n) is 3.71. The Balaban J connectivity index is 3.19. The lowest BCUT2D eigenvalue weighted by molar-refractivity contribution is -0.116. The third-order valence-corrected chi connectivity index (χ3v) is 2.33. The normalized spacial score (nSPS) is 10.1. The van der Waals surface area contributed by atoms with Crippen LogP contribution in [0.25, 0.3) is 0 Å². The van der Waals surface area contributed by atoms with Crippen molar-refractivity contribution in [2.75, 3.05) is 6.61 Å². The molecule has 1 N–H and O–H groups in total. The lowest BCUT2D eigenvalue weighted by Crippen LogP contribution is -2.13. The smallest absolute Gasteiger partial charge is 0.338 e. The first-order valence-electron chi connectivity index (χ1n) is 5.48. The lowest BCUT2D eigenvalue weighted by Gasteiger charge is -2.11. The first kappa shape index (κ1) is 13.4. The monoisotopic (exact) mass is 236 g/mol. The minimum absolute atomic E-state index is 0.0364. The van der Waals surface area contributed by atoms with E-state index in [2.05, 4.69) is 0 Å². The maximum Gasteiger partial charge on any atom is 0.338 e. The summed E-state index contributed by atoms with van der Waals surface area (Å²) in [5, 5.41) is 9.20. The van der Waals surface area contributed by atoms with Crippen LogP contribution in [0.1, 0.15) is 35.3 Å². The molecule has 17 heavy (non-hydrogen) atoms. The summed E-state index contributed by atoms with van der Waals surface area (Å²) in [5.41, 5.74) is 1.40. The van der Waals surface area contributed by atoms with Crippen LogP contribution >= 0.6 is 0 Å². The number of esters is 1. The zero-order valence-corrected chi connectivity index (χ0v) is 10.0. The van der Waals surface area contributed by atoms with E-state index in [1.165, 1.54) is 6.92 Å². The van der Waals surface area contributed by atoms with Gasteiger partial charge in [-0.25, -0.2) is 4.79 Å². The number of ether oxygens (including phenoxy) is 1. The summed E-state index contributed by atoms with van der Waals surface area (Å²) in [5.74, 6) is -0.529. The number of aliphatic hydroxyl groups excluding tert-OH is 1. The number of hydrogen-bond acceptors (Lipinski definition) is 4. The van der Waals surface area contributed by atoms with E-state index in [1.807, 2.05) is 0 Å². The average Bonchev–Trinajstić information content (AvgIpc) is 2.28. The summed E-state index contributed by atoms with van der Waals surface area (Å²) >= 11 is 0. The number of carbonyl (C=O) groups is 2. The van der Waals surface area contributed by atoms with Crippen LogP contribution in [0.4, 0.5) is 0 Å². The molecule has 1 aromatic carbocycles. The van der Waals surface area contributed by atoms with E-state index in [9.17, 15) is 14.7 Å². The van der Waals surface area contributed by atoms with E-state index in [4.69, 9.17) is 4.74 Å². The molecule has 0 saturated carbocycles. The van der Waals surface area contributed by atoms with Gasteiger partial charge in [0.25, 0.3) is 0 Å². The number of rotatable bonds is 5. The van der Waals surface area contributed by atoms with Crippen LogP contribution in [0.5, 0.6) is 0 Å². The Bertz CT molecular complexity index is 423. The Hall–Kier alpha value is -1.68. The van der Waals surface area contributed by atoms with Gasteiger partial charge in [0, 0.05) is 6.42 Å². The molecule has 0 bridgehead atoms. The highest BCUT2D eigenvalue weighted by Gasteiger charge is 2.17. The van der Waals surface area contributed by atoms with Crippen LogP contribution in [-0.4, -0.2) is 23.5 Å². The zero-order chi connectivity index (χ0) is 12.8. The Labute approximate surface area is 100 Å². The van der Waals surface area contributed by atoms with Gasteiger partial charge in [-0.05, 0) is 25.0 Å². The summed E-state index contributed by atoms with van der Waals surface area (Å²) in [4.78, 5) is 22.9. The number of hydrogen-bond donors (Lipinski definition) is 1. The molecule has 0 atom stereocenters. The molecular weight excluding hydrogens is 220 g/mol. The van der Waals surface area contributed by atoms with Gasteiger partial charge in [0.1, 0.15) is 5.78 Å². The van der Waals surface area contributed by atoms with Crippen molar-refractivity contribution in [3.63, 3.8) is 0 Å². The largest absolute Gasteiger partial charge is 0.462 e. The molecule has 0 radical (unpaired) electrons. The standard InChI is InChI=1S/C13H16O4/c1-3-17-13(16)12-10(7-9(2)15)5-4-6-11(12)8-14/h4-6,14H,3,7-8H2,1-2H3. The maximum absolute atomic E-state index is 11.8. The van der Waals surface area contributed by atoms with Crippen LogP contribution < -0.4 is 0 Å². The minimum Gasteiger partial charge on any atom is -0.462 e. The van der Waals surface area contributed by atoms with E-state index in [-0.39, 0.29) is 25.4 Å². The van der Waals surface area contributed by atoms with E-state index >= 15 is 0 Å². The third-order valence-electron chi connectivity index (χ3n) is 2.33. The molecule has 0 amide bonds. The summed E-state index contributed by atoms with van der Waals surface area (Å²) in [7, 11) is 0. The van der Waals surface area contributed by atoms with Crippen molar-refractivity contribution in [1.29, 1.82) is 0 Å². The molecule has 0 unspecified atom stereocenters. The minimum atomic E-state index is -0.492. The number of ketones is 1. The molecule has 0 fully saturated rings. The van der Waals surface area contributed by atoms with Crippen molar-refractivity contribution in [3.05, 3.63) is 34.9 Å². The van der Waals surface area contributed by atoms with Crippen LogP contribution in [0.3, 0.4) is 0 Å². The summed E-state index contributed by atoms with van der Waals surface area (Å²) in [6, 6.07) is 5.06. The highest BCUT2D eigenvalue weighted by Crippen LogP contribution is 2.17. The molecule has 92 valence electrons. The molecule has 0 heterocycles. The maximum atomic E-state index is 11.8. The van der Waals surface area contributed by atoms with Crippen molar-refractivity contribution < 1.29 is 19.4 Å². The Morgan fingerprint density at radius 3 is 2.47 bits per heavy atom. The number of carbonyl (C=O) groups excluding carboxylic acids is 2. The molecule has 0 aliphatic rings. The molecular formula is C13H16O4. The lowest BCUT2D eigenvalue weighted by atomic mass is 9.98. The fourth-order valence-corrected chi connectivity index (χ4v) is 1.67. The van der Waals surface area contributed by atoms with Crippen molar-refractivity contribution in [2.45, 2.75) is 26.9 Å². The summed E-state index contributed by atoms with van der Waals surface area (Å²) < 4.78 is 4.93. The van der Waals surface area contributed by atoms with Gasteiger partial charge >= 0.3 is 5.97 Å². The van der Waals surface area contributed by atoms with Crippen molar-refractivity contribution >= 4 is 11.8 Å². The number of benzene rings is 1. The molecule has 0 aliphatic heterocycles. The predicted octanol–water partition coefficient (Wildman–Crippen LogP) is 1.49.